The number of nitrogens with one attached hydrogen (secondary N) is 2. The second-order valence-corrected chi connectivity index (χ2v) is 7.07. The number of carbonyl (C=O) groups is 1. The minimum Gasteiger partial charge on any atom is -0.357 e. The quantitative estimate of drug-likeness (QED) is 0.542. The highest BCUT2D eigenvalue weighted by molar-refractivity contribution is 6.04. The Hall–Kier alpha value is -3.41. The minimum absolute atomic E-state index is 0.121. The van der Waals surface area contributed by atoms with Gasteiger partial charge in [-0.2, -0.15) is 4.98 Å². The van der Waals surface area contributed by atoms with E-state index in [2.05, 4.69) is 46.3 Å². The summed E-state index contributed by atoms with van der Waals surface area (Å²) in [6, 6.07) is 17.2. The van der Waals surface area contributed by atoms with Crippen molar-refractivity contribution in [1.82, 2.24) is 9.97 Å². The molecule has 1 heterocycles. The number of hydrogen-bond donors (Lipinski definition) is 2. The molecular formula is C24H29N5O. The van der Waals surface area contributed by atoms with Crippen LogP contribution in [-0.2, 0) is 6.42 Å². The van der Waals surface area contributed by atoms with Gasteiger partial charge in [0.05, 0.1) is 0 Å². The van der Waals surface area contributed by atoms with Crippen molar-refractivity contribution >= 4 is 29.0 Å². The van der Waals surface area contributed by atoms with Crippen LogP contribution < -0.4 is 15.5 Å². The van der Waals surface area contributed by atoms with Crippen molar-refractivity contribution in [3.63, 3.8) is 0 Å². The standard InChI is InChI=1S/C24H29N5O/c1-5-18-8-10-19(11-9-18)23(30)26-20-12-14-21(15-13-20)27-24-25-17(4)16-22(28-24)29(6-2)7-3/h8-16H,5-7H2,1-4H3,(H,26,30)(H,25,27,28). The summed E-state index contributed by atoms with van der Waals surface area (Å²) in [5.74, 6) is 1.35. The maximum Gasteiger partial charge on any atom is 0.255 e. The molecule has 2 aromatic carbocycles. The Kier molecular flexibility index (Phi) is 7.01. The van der Waals surface area contributed by atoms with E-state index >= 15 is 0 Å². The van der Waals surface area contributed by atoms with Crippen LogP contribution in [0.3, 0.4) is 0 Å². The largest absolute Gasteiger partial charge is 0.357 e. The van der Waals surface area contributed by atoms with Crippen molar-refractivity contribution in [2.75, 3.05) is 28.6 Å². The molecule has 0 radical (unpaired) electrons. The summed E-state index contributed by atoms with van der Waals surface area (Å²) in [6.45, 7) is 10.1. The molecule has 0 bridgehead atoms. The van der Waals surface area contributed by atoms with Gasteiger partial charge >= 0.3 is 0 Å². The van der Waals surface area contributed by atoms with Gasteiger partial charge in [-0.15, -0.1) is 0 Å². The van der Waals surface area contributed by atoms with Crippen LogP contribution in [0.1, 0.15) is 42.4 Å². The highest BCUT2D eigenvalue weighted by Gasteiger charge is 2.09. The average Bonchev–Trinajstić information content (AvgIpc) is 2.75. The molecule has 3 aromatic rings. The van der Waals surface area contributed by atoms with E-state index in [4.69, 9.17) is 0 Å². The molecular weight excluding hydrogens is 374 g/mol. The molecule has 0 atom stereocenters. The Morgan fingerprint density at radius 1 is 0.900 bits per heavy atom. The van der Waals surface area contributed by atoms with Crippen molar-refractivity contribution < 1.29 is 4.79 Å². The first-order chi connectivity index (χ1) is 14.5. The SMILES string of the molecule is CCc1ccc(C(=O)Nc2ccc(Nc3nc(C)cc(N(CC)CC)n3)cc2)cc1. The zero-order chi connectivity index (χ0) is 21.5. The van der Waals surface area contributed by atoms with E-state index in [1.807, 2.05) is 61.5 Å². The number of amides is 1. The number of benzene rings is 2. The minimum atomic E-state index is -0.121. The van der Waals surface area contributed by atoms with Crippen molar-refractivity contribution in [3.8, 4) is 0 Å². The molecule has 0 saturated carbocycles. The first-order valence-electron chi connectivity index (χ1n) is 10.4. The lowest BCUT2D eigenvalue weighted by Gasteiger charge is -2.20. The predicted molar refractivity (Wildman–Crippen MR) is 124 cm³/mol. The molecule has 30 heavy (non-hydrogen) atoms. The Bertz CT molecular complexity index is 979. The summed E-state index contributed by atoms with van der Waals surface area (Å²) in [5, 5.41) is 6.18. The van der Waals surface area contributed by atoms with E-state index in [0.29, 0.717) is 11.5 Å². The van der Waals surface area contributed by atoms with Gasteiger partial charge in [0.25, 0.3) is 5.91 Å². The van der Waals surface area contributed by atoms with Crippen LogP contribution in [0.4, 0.5) is 23.1 Å². The third-order valence-corrected chi connectivity index (χ3v) is 4.95. The van der Waals surface area contributed by atoms with Gasteiger partial charge in [0.1, 0.15) is 5.82 Å². The molecule has 0 fully saturated rings. The van der Waals surface area contributed by atoms with Crippen LogP contribution in [0.15, 0.2) is 54.6 Å². The summed E-state index contributed by atoms with van der Waals surface area (Å²) in [6.07, 6.45) is 0.956. The lowest BCUT2D eigenvalue weighted by Crippen LogP contribution is -2.23. The van der Waals surface area contributed by atoms with Crippen LogP contribution >= 0.6 is 0 Å². The third kappa shape index (κ3) is 5.35. The van der Waals surface area contributed by atoms with Crippen molar-refractivity contribution in [1.29, 1.82) is 0 Å². The Balaban J connectivity index is 1.68. The Morgan fingerprint density at radius 3 is 2.13 bits per heavy atom. The first-order valence-corrected chi connectivity index (χ1v) is 10.4. The summed E-state index contributed by atoms with van der Waals surface area (Å²) < 4.78 is 0. The predicted octanol–water partition coefficient (Wildman–Crippen LogP) is 5.19. The Morgan fingerprint density at radius 2 is 1.53 bits per heavy atom. The molecule has 156 valence electrons. The molecule has 0 aliphatic carbocycles. The number of carbonyl (C=O) groups excluding carboxylic acids is 1. The number of anilines is 4. The fourth-order valence-electron chi connectivity index (χ4n) is 3.18. The fourth-order valence-corrected chi connectivity index (χ4v) is 3.18. The van der Waals surface area contributed by atoms with Crippen molar-refractivity contribution in [2.24, 2.45) is 0 Å². The van der Waals surface area contributed by atoms with E-state index in [-0.39, 0.29) is 5.91 Å². The van der Waals surface area contributed by atoms with E-state index in [9.17, 15) is 4.79 Å². The van der Waals surface area contributed by atoms with Gasteiger partial charge in [-0.3, -0.25) is 4.79 Å². The van der Waals surface area contributed by atoms with E-state index in [1.165, 1.54) is 5.56 Å². The van der Waals surface area contributed by atoms with Crippen molar-refractivity contribution in [2.45, 2.75) is 34.1 Å². The molecule has 2 N–H and O–H groups in total. The first kappa shape index (κ1) is 21.3. The van der Waals surface area contributed by atoms with Crippen LogP contribution in [0.2, 0.25) is 0 Å². The molecule has 1 aromatic heterocycles. The maximum absolute atomic E-state index is 12.4. The molecule has 6 heteroatoms. The molecule has 1 amide bonds. The zero-order valence-corrected chi connectivity index (χ0v) is 18.1. The number of aryl methyl sites for hydroxylation is 2. The zero-order valence-electron chi connectivity index (χ0n) is 18.1. The van der Waals surface area contributed by atoms with E-state index in [1.54, 1.807) is 0 Å². The topological polar surface area (TPSA) is 70.2 Å². The van der Waals surface area contributed by atoms with Gasteiger partial charge in [-0.05, 0) is 69.2 Å². The van der Waals surface area contributed by atoms with Gasteiger partial charge in [0, 0.05) is 41.8 Å². The monoisotopic (exact) mass is 403 g/mol. The normalized spacial score (nSPS) is 10.5. The smallest absolute Gasteiger partial charge is 0.255 e. The molecule has 0 spiro atoms. The van der Waals surface area contributed by atoms with Crippen LogP contribution in [0.25, 0.3) is 0 Å². The van der Waals surface area contributed by atoms with Crippen molar-refractivity contribution in [3.05, 3.63) is 71.4 Å². The summed E-state index contributed by atoms with van der Waals surface area (Å²) in [5.41, 5.74) is 4.36. The molecule has 0 unspecified atom stereocenters. The van der Waals surface area contributed by atoms with Gasteiger partial charge in [0.2, 0.25) is 5.95 Å². The fraction of sp³-hybridized carbons (Fsp3) is 0.292. The number of nitrogens with zero attached hydrogens (tertiary/aromatic N) is 3. The second-order valence-electron chi connectivity index (χ2n) is 7.07. The molecule has 6 nitrogen and oxygen atoms in total. The van der Waals surface area contributed by atoms with E-state index < -0.39 is 0 Å². The van der Waals surface area contributed by atoms with Crippen LogP contribution in [0.5, 0.6) is 0 Å². The molecule has 0 saturated heterocycles. The van der Waals surface area contributed by atoms with Crippen LogP contribution in [-0.4, -0.2) is 29.0 Å². The lowest BCUT2D eigenvalue weighted by atomic mass is 10.1. The maximum atomic E-state index is 12.4. The highest BCUT2D eigenvalue weighted by Crippen LogP contribution is 2.20. The molecule has 3 rings (SSSR count). The highest BCUT2D eigenvalue weighted by atomic mass is 16.1. The van der Waals surface area contributed by atoms with Gasteiger partial charge in [-0.25, -0.2) is 4.98 Å². The number of aromatic nitrogens is 2. The third-order valence-electron chi connectivity index (χ3n) is 4.95. The molecule has 0 aliphatic rings. The number of hydrogen-bond acceptors (Lipinski definition) is 5. The van der Waals surface area contributed by atoms with Crippen LogP contribution in [0, 0.1) is 6.92 Å². The number of rotatable bonds is 8. The summed E-state index contributed by atoms with van der Waals surface area (Å²) >= 11 is 0. The van der Waals surface area contributed by atoms with Gasteiger partial charge in [0.15, 0.2) is 0 Å². The second kappa shape index (κ2) is 9.87. The summed E-state index contributed by atoms with van der Waals surface area (Å²) in [7, 11) is 0. The van der Waals surface area contributed by atoms with E-state index in [0.717, 1.165) is 42.4 Å². The lowest BCUT2D eigenvalue weighted by molar-refractivity contribution is 0.102. The summed E-state index contributed by atoms with van der Waals surface area (Å²) in [4.78, 5) is 23.7. The average molecular weight is 404 g/mol. The molecule has 0 aliphatic heterocycles. The van der Waals surface area contributed by atoms with Gasteiger partial charge < -0.3 is 15.5 Å². The van der Waals surface area contributed by atoms with Gasteiger partial charge in [-0.1, -0.05) is 19.1 Å². The Labute approximate surface area is 178 Å².